The van der Waals surface area contributed by atoms with E-state index < -0.39 is 45.2 Å². The Bertz CT molecular complexity index is 1400. The molecule has 7 rings (SSSR count). The topological polar surface area (TPSA) is 95.6 Å². The van der Waals surface area contributed by atoms with E-state index >= 15 is 0 Å². The van der Waals surface area contributed by atoms with Crippen molar-refractivity contribution in [1.29, 1.82) is 0 Å². The van der Waals surface area contributed by atoms with Crippen LogP contribution >= 0.6 is 34.8 Å². The second kappa shape index (κ2) is 8.83. The van der Waals surface area contributed by atoms with E-state index in [1.165, 1.54) is 12.1 Å². The third-order valence-corrected chi connectivity index (χ3v) is 9.20. The summed E-state index contributed by atoms with van der Waals surface area (Å²) in [5, 5.41) is 0.475. The third kappa shape index (κ3) is 3.35. The van der Waals surface area contributed by atoms with E-state index in [0.29, 0.717) is 32.8 Å². The van der Waals surface area contributed by atoms with E-state index in [0.717, 1.165) is 4.90 Å². The molecule has 0 aromatic heterocycles. The number of amides is 4. The second-order valence-corrected chi connectivity index (χ2v) is 11.2. The van der Waals surface area contributed by atoms with Crippen LogP contribution in [0.25, 0.3) is 0 Å². The summed E-state index contributed by atoms with van der Waals surface area (Å²) < 4.78 is 0. The van der Waals surface area contributed by atoms with E-state index in [-0.39, 0.29) is 13.0 Å². The van der Waals surface area contributed by atoms with Crippen molar-refractivity contribution in [3.8, 4) is 0 Å². The number of alkyl halides is 2. The minimum Gasteiger partial charge on any atom is -0.281 e. The van der Waals surface area contributed by atoms with Crippen LogP contribution in [0.15, 0.2) is 72.8 Å². The summed E-state index contributed by atoms with van der Waals surface area (Å²) in [6.07, 6.45) is -0.220. The molecule has 4 aliphatic rings. The van der Waals surface area contributed by atoms with E-state index in [1.807, 2.05) is 48.5 Å². The molecule has 10 heteroatoms. The number of hydrogen-bond donors (Lipinski definition) is 2. The van der Waals surface area contributed by atoms with Gasteiger partial charge >= 0.3 is 0 Å². The predicted molar refractivity (Wildman–Crippen MR) is 142 cm³/mol. The molecular formula is C28H20Cl3N3O4. The van der Waals surface area contributed by atoms with Gasteiger partial charge in [-0.2, -0.15) is 0 Å². The van der Waals surface area contributed by atoms with Crippen LogP contribution in [0, 0.1) is 11.8 Å². The van der Waals surface area contributed by atoms with Crippen LogP contribution < -0.4 is 10.9 Å². The fraction of sp³-hybridized carbons (Fsp3) is 0.214. The van der Waals surface area contributed by atoms with Gasteiger partial charge in [-0.3, -0.25) is 34.9 Å². The number of imide groups is 1. The van der Waals surface area contributed by atoms with E-state index in [4.69, 9.17) is 34.8 Å². The van der Waals surface area contributed by atoms with E-state index in [9.17, 15) is 19.2 Å². The zero-order valence-electron chi connectivity index (χ0n) is 19.7. The Labute approximate surface area is 233 Å². The van der Waals surface area contributed by atoms with Crippen LogP contribution in [0.3, 0.4) is 0 Å². The fourth-order valence-electron chi connectivity index (χ4n) is 6.02. The lowest BCUT2D eigenvalue weighted by atomic mass is 9.54. The number of rotatable bonds is 4. The minimum absolute atomic E-state index is 0.181. The van der Waals surface area contributed by atoms with Gasteiger partial charge in [0.1, 0.15) is 9.75 Å². The lowest BCUT2D eigenvalue weighted by molar-refractivity contribution is -0.140. The van der Waals surface area contributed by atoms with Crippen LogP contribution in [-0.2, 0) is 24.1 Å². The molecule has 38 heavy (non-hydrogen) atoms. The molecule has 0 radical (unpaired) electrons. The zero-order valence-corrected chi connectivity index (χ0v) is 22.0. The number of halogens is 3. The Morgan fingerprint density at radius 1 is 0.737 bits per heavy atom. The Hall–Kier alpha value is -3.39. The number of hydrogen-bond acceptors (Lipinski definition) is 4. The van der Waals surface area contributed by atoms with Gasteiger partial charge in [0, 0.05) is 23.6 Å². The lowest BCUT2D eigenvalue weighted by Gasteiger charge is -2.54. The molecule has 3 aromatic carbocycles. The molecule has 3 aromatic rings. The highest BCUT2D eigenvalue weighted by Crippen LogP contribution is 2.69. The highest BCUT2D eigenvalue weighted by molar-refractivity contribution is 6.36. The van der Waals surface area contributed by atoms with Crippen LogP contribution in [0.4, 0.5) is 0 Å². The number of carbonyl (C=O) groups is 4. The van der Waals surface area contributed by atoms with Crippen molar-refractivity contribution in [1.82, 2.24) is 15.8 Å². The number of likely N-dealkylation sites (tertiary alicyclic amines) is 1. The standard InChI is InChI=1S/C28H20Cl3N3O4/c29-16-11-9-15(10-12-16)24(36)33-32-21(35)13-14-34-25(37)22-23(26(34)38)28(31)18-6-2-1-5-17(18)27(22,30)19-7-3-4-8-20(19)28/h1-12,22-23H,13-14H2,(H,32,35)(H,33,36)/t22-,23+,27?,28?. The van der Waals surface area contributed by atoms with E-state index in [2.05, 4.69) is 10.9 Å². The molecule has 2 bridgehead atoms. The first kappa shape index (κ1) is 24.9. The van der Waals surface area contributed by atoms with Gasteiger partial charge in [-0.15, -0.1) is 23.2 Å². The summed E-state index contributed by atoms with van der Waals surface area (Å²) in [4.78, 5) is 50.8. The maximum atomic E-state index is 13.7. The average Bonchev–Trinajstić information content (AvgIpc) is 3.19. The Kier molecular flexibility index (Phi) is 5.79. The molecule has 1 aliphatic heterocycles. The molecule has 0 spiro atoms. The molecule has 0 unspecified atom stereocenters. The molecule has 2 N–H and O–H groups in total. The quantitative estimate of drug-likeness (QED) is 0.282. The number of benzene rings is 3. The normalized spacial score (nSPS) is 26.4. The first-order valence-electron chi connectivity index (χ1n) is 12.0. The van der Waals surface area contributed by atoms with Crippen LogP contribution in [0.5, 0.6) is 0 Å². The van der Waals surface area contributed by atoms with Crippen molar-refractivity contribution in [3.63, 3.8) is 0 Å². The molecule has 1 fully saturated rings. The second-order valence-electron chi connectivity index (χ2n) is 9.56. The molecule has 7 nitrogen and oxygen atoms in total. The summed E-state index contributed by atoms with van der Waals surface area (Å²) in [7, 11) is 0. The maximum absolute atomic E-state index is 13.7. The van der Waals surface area contributed by atoms with Crippen molar-refractivity contribution < 1.29 is 19.2 Å². The molecule has 192 valence electrons. The summed E-state index contributed by atoms with van der Waals surface area (Å²) in [6.45, 7) is -0.181. The number of carbonyl (C=O) groups excluding carboxylic acids is 4. The van der Waals surface area contributed by atoms with Gasteiger partial charge in [0.15, 0.2) is 0 Å². The molecule has 2 atom stereocenters. The highest BCUT2D eigenvalue weighted by Gasteiger charge is 2.72. The largest absolute Gasteiger partial charge is 0.281 e. The Balaban J connectivity index is 1.23. The number of nitrogens with zero attached hydrogens (tertiary/aromatic N) is 1. The molecule has 0 saturated carbocycles. The summed E-state index contributed by atoms with van der Waals surface area (Å²) in [5.41, 5.74) is 7.77. The molecular weight excluding hydrogens is 549 g/mol. The van der Waals surface area contributed by atoms with Crippen molar-refractivity contribution >= 4 is 58.4 Å². The Morgan fingerprint density at radius 2 is 1.18 bits per heavy atom. The van der Waals surface area contributed by atoms with Gasteiger partial charge in [0.2, 0.25) is 17.7 Å². The number of hydrazine groups is 1. The molecule has 1 heterocycles. The van der Waals surface area contributed by atoms with Crippen molar-refractivity contribution in [2.24, 2.45) is 11.8 Å². The van der Waals surface area contributed by atoms with Gasteiger partial charge in [0.25, 0.3) is 5.91 Å². The lowest BCUT2D eigenvalue weighted by Crippen LogP contribution is -2.57. The Morgan fingerprint density at radius 3 is 1.63 bits per heavy atom. The van der Waals surface area contributed by atoms with Crippen LogP contribution in [0.2, 0.25) is 5.02 Å². The van der Waals surface area contributed by atoms with Crippen LogP contribution in [-0.4, -0.2) is 35.1 Å². The van der Waals surface area contributed by atoms with Crippen LogP contribution in [0.1, 0.15) is 39.0 Å². The summed E-state index contributed by atoms with van der Waals surface area (Å²) in [6, 6.07) is 20.9. The zero-order chi connectivity index (χ0) is 26.8. The smallest absolute Gasteiger partial charge is 0.269 e. The van der Waals surface area contributed by atoms with Gasteiger partial charge in [0.05, 0.1) is 11.8 Å². The first-order valence-corrected chi connectivity index (χ1v) is 13.1. The first-order chi connectivity index (χ1) is 18.2. The minimum atomic E-state index is -1.27. The number of nitrogens with one attached hydrogen (secondary N) is 2. The third-order valence-electron chi connectivity index (χ3n) is 7.66. The van der Waals surface area contributed by atoms with Crippen molar-refractivity contribution in [2.75, 3.05) is 6.54 Å². The molecule has 1 saturated heterocycles. The summed E-state index contributed by atoms with van der Waals surface area (Å²) >= 11 is 20.6. The van der Waals surface area contributed by atoms with Crippen molar-refractivity contribution in [3.05, 3.63) is 106 Å². The van der Waals surface area contributed by atoms with Gasteiger partial charge < -0.3 is 0 Å². The van der Waals surface area contributed by atoms with Crippen molar-refractivity contribution in [2.45, 2.75) is 16.2 Å². The average molecular weight is 569 g/mol. The maximum Gasteiger partial charge on any atom is 0.269 e. The van der Waals surface area contributed by atoms with E-state index in [1.54, 1.807) is 12.1 Å². The highest BCUT2D eigenvalue weighted by atomic mass is 35.5. The molecule has 4 amide bonds. The van der Waals surface area contributed by atoms with Gasteiger partial charge in [-0.05, 0) is 46.5 Å². The molecule has 3 aliphatic carbocycles. The SMILES string of the molecule is O=C(CCN1C(=O)[C@@H]2[C@H](C1=O)C1(Cl)c3ccccc3C2(Cl)c2ccccc21)NNC(=O)c1ccc(Cl)cc1. The predicted octanol–water partition coefficient (Wildman–Crippen LogP) is 4.08. The fourth-order valence-corrected chi connectivity index (χ4v) is 7.24. The monoisotopic (exact) mass is 567 g/mol. The van der Waals surface area contributed by atoms with Gasteiger partial charge in [-0.25, -0.2) is 0 Å². The summed E-state index contributed by atoms with van der Waals surface area (Å²) in [5.74, 6) is -3.89. The van der Waals surface area contributed by atoms with Gasteiger partial charge in [-0.1, -0.05) is 60.1 Å².